The van der Waals surface area contributed by atoms with Crippen molar-refractivity contribution in [3.05, 3.63) is 30.3 Å². The molecular weight excluding hydrogens is 304 g/mol. The summed E-state index contributed by atoms with van der Waals surface area (Å²) in [5.41, 5.74) is 0. The molecule has 1 aromatic carbocycles. The van der Waals surface area contributed by atoms with Gasteiger partial charge in [-0.1, -0.05) is 18.2 Å². The molecule has 0 radical (unpaired) electrons. The molecule has 0 saturated carbocycles. The zero-order valence-electron chi connectivity index (χ0n) is 12.5. The molecule has 0 aromatic heterocycles. The topological polar surface area (TPSA) is 49.4 Å². The molecule has 1 atom stereocenters. The number of carbonyl (C=O) groups is 1. The first kappa shape index (κ1) is 16.4. The Morgan fingerprint density at radius 3 is 2.76 bits per heavy atom. The number of amides is 2. The van der Waals surface area contributed by atoms with Crippen LogP contribution < -0.4 is 5.32 Å². The molecule has 1 aliphatic rings. The molecule has 2 rings (SSSR count). The number of carbonyl (C=O) groups excluding carboxylic acids is 1. The second-order valence-electron chi connectivity index (χ2n) is 5.62. The molecule has 6 heteroatoms. The molecule has 1 N–H and O–H groups in total. The van der Waals surface area contributed by atoms with Crippen LogP contribution in [0.4, 0.5) is 4.79 Å². The zero-order chi connectivity index (χ0) is 15.3. The lowest BCUT2D eigenvalue weighted by molar-refractivity contribution is 0.195. The summed E-state index contributed by atoms with van der Waals surface area (Å²) in [6.45, 7) is 6.28. The van der Waals surface area contributed by atoms with Crippen LogP contribution >= 0.6 is 11.8 Å². The normalized spacial score (nSPS) is 19.0. The Balaban J connectivity index is 1.76. The lowest BCUT2D eigenvalue weighted by Gasteiger charge is -2.37. The van der Waals surface area contributed by atoms with E-state index in [4.69, 9.17) is 0 Å². The maximum absolute atomic E-state index is 12.1. The predicted molar refractivity (Wildman–Crippen MR) is 89.2 cm³/mol. The van der Waals surface area contributed by atoms with Crippen molar-refractivity contribution < 1.29 is 9.00 Å². The number of rotatable bonds is 4. The number of hydrogen-bond donors (Lipinski definition) is 1. The van der Waals surface area contributed by atoms with E-state index in [2.05, 4.69) is 19.2 Å². The third-order valence-electron chi connectivity index (χ3n) is 3.28. The minimum absolute atomic E-state index is 0.0477. The van der Waals surface area contributed by atoms with Gasteiger partial charge < -0.3 is 10.2 Å². The van der Waals surface area contributed by atoms with Crippen molar-refractivity contribution in [2.75, 3.05) is 31.1 Å². The van der Waals surface area contributed by atoms with Gasteiger partial charge in [0.2, 0.25) is 0 Å². The van der Waals surface area contributed by atoms with E-state index < -0.39 is 10.8 Å². The van der Waals surface area contributed by atoms with Crippen molar-refractivity contribution in [2.45, 2.75) is 23.5 Å². The Morgan fingerprint density at radius 1 is 1.38 bits per heavy atom. The van der Waals surface area contributed by atoms with Crippen molar-refractivity contribution >= 4 is 28.6 Å². The molecule has 1 fully saturated rings. The van der Waals surface area contributed by atoms with Gasteiger partial charge in [0.1, 0.15) is 0 Å². The van der Waals surface area contributed by atoms with Crippen molar-refractivity contribution in [3.8, 4) is 0 Å². The average molecular weight is 326 g/mol. The molecule has 0 bridgehead atoms. The SMILES string of the molecule is CC1(C)CN(C(=O)NCC[S@](=O)c2ccccc2)CCS1. The summed E-state index contributed by atoms with van der Waals surface area (Å²) in [6, 6.07) is 9.30. The summed E-state index contributed by atoms with van der Waals surface area (Å²) >= 11 is 1.90. The van der Waals surface area contributed by atoms with E-state index in [1.54, 1.807) is 0 Å². The molecule has 0 unspecified atom stereocenters. The van der Waals surface area contributed by atoms with Crippen LogP contribution in [0.15, 0.2) is 35.2 Å². The summed E-state index contributed by atoms with van der Waals surface area (Å²) in [5, 5.41) is 2.88. The maximum Gasteiger partial charge on any atom is 0.317 e. The molecule has 1 aliphatic heterocycles. The number of hydrogen-bond acceptors (Lipinski definition) is 3. The highest BCUT2D eigenvalue weighted by molar-refractivity contribution is 8.00. The summed E-state index contributed by atoms with van der Waals surface area (Å²) in [7, 11) is -1.06. The third-order valence-corrected chi connectivity index (χ3v) is 5.95. The molecule has 1 saturated heterocycles. The van der Waals surface area contributed by atoms with E-state index in [9.17, 15) is 9.00 Å². The fourth-order valence-corrected chi connectivity index (χ4v) is 4.34. The standard InChI is InChI=1S/C15H22N2O2S2/c1-15(2)12-17(9-10-20-15)14(18)16-8-11-21(19)13-6-4-3-5-7-13/h3-7H,8-12H2,1-2H3,(H,16,18)/t21-/m0/s1. The van der Waals surface area contributed by atoms with Gasteiger partial charge in [0.25, 0.3) is 0 Å². The molecule has 21 heavy (non-hydrogen) atoms. The number of urea groups is 1. The van der Waals surface area contributed by atoms with Crippen molar-refractivity contribution in [1.29, 1.82) is 0 Å². The van der Waals surface area contributed by atoms with Crippen LogP contribution in [-0.4, -0.2) is 51.0 Å². The van der Waals surface area contributed by atoms with Gasteiger partial charge in [0.05, 0.1) is 10.8 Å². The number of nitrogens with one attached hydrogen (secondary N) is 1. The second-order valence-corrected chi connectivity index (χ2v) is 9.00. The number of thioether (sulfide) groups is 1. The molecule has 116 valence electrons. The molecule has 2 amide bonds. The van der Waals surface area contributed by atoms with Gasteiger partial charge in [0, 0.05) is 40.8 Å². The molecule has 1 heterocycles. The van der Waals surface area contributed by atoms with Crippen molar-refractivity contribution in [1.82, 2.24) is 10.2 Å². The summed E-state index contributed by atoms with van der Waals surface area (Å²) in [6.07, 6.45) is 0. The number of nitrogens with zero attached hydrogens (tertiary/aromatic N) is 1. The fourth-order valence-electron chi connectivity index (χ4n) is 2.24. The predicted octanol–water partition coefficient (Wildman–Crippen LogP) is 2.33. The highest BCUT2D eigenvalue weighted by atomic mass is 32.2. The van der Waals surface area contributed by atoms with E-state index in [1.165, 1.54) is 0 Å². The van der Waals surface area contributed by atoms with Gasteiger partial charge in [-0.25, -0.2) is 4.79 Å². The first-order valence-electron chi connectivity index (χ1n) is 7.08. The highest BCUT2D eigenvalue weighted by Crippen LogP contribution is 2.29. The summed E-state index contributed by atoms with van der Waals surface area (Å²) in [5.74, 6) is 1.41. The Hall–Kier alpha value is -1.01. The Morgan fingerprint density at radius 2 is 2.10 bits per heavy atom. The minimum atomic E-state index is -1.06. The van der Waals surface area contributed by atoms with Gasteiger partial charge >= 0.3 is 6.03 Å². The van der Waals surface area contributed by atoms with Gasteiger partial charge in [-0.05, 0) is 26.0 Å². The molecular formula is C15H22N2O2S2. The highest BCUT2D eigenvalue weighted by Gasteiger charge is 2.29. The summed E-state index contributed by atoms with van der Waals surface area (Å²) in [4.78, 5) is 14.8. The van der Waals surface area contributed by atoms with Crippen LogP contribution in [0.1, 0.15) is 13.8 Å². The average Bonchev–Trinajstić information content (AvgIpc) is 2.47. The van der Waals surface area contributed by atoms with E-state index >= 15 is 0 Å². The van der Waals surface area contributed by atoms with Gasteiger partial charge in [0.15, 0.2) is 0 Å². The van der Waals surface area contributed by atoms with Gasteiger partial charge in [-0.2, -0.15) is 11.8 Å². The van der Waals surface area contributed by atoms with E-state index in [0.29, 0.717) is 12.3 Å². The van der Waals surface area contributed by atoms with Gasteiger partial charge in [-0.15, -0.1) is 0 Å². The van der Waals surface area contributed by atoms with Gasteiger partial charge in [-0.3, -0.25) is 4.21 Å². The van der Waals surface area contributed by atoms with Crippen molar-refractivity contribution in [3.63, 3.8) is 0 Å². The quantitative estimate of drug-likeness (QED) is 0.924. The summed E-state index contributed by atoms with van der Waals surface area (Å²) < 4.78 is 12.2. The van der Waals surface area contributed by atoms with E-state index in [-0.39, 0.29) is 10.8 Å². The first-order valence-corrected chi connectivity index (χ1v) is 9.38. The van der Waals surface area contributed by atoms with Crippen LogP contribution in [0.5, 0.6) is 0 Å². The van der Waals surface area contributed by atoms with Crippen LogP contribution in [-0.2, 0) is 10.8 Å². The van der Waals surface area contributed by atoms with Crippen LogP contribution in [0.25, 0.3) is 0 Å². The third kappa shape index (κ3) is 5.04. The molecule has 4 nitrogen and oxygen atoms in total. The zero-order valence-corrected chi connectivity index (χ0v) is 14.1. The van der Waals surface area contributed by atoms with Crippen LogP contribution in [0.3, 0.4) is 0 Å². The van der Waals surface area contributed by atoms with Crippen LogP contribution in [0, 0.1) is 0 Å². The number of benzene rings is 1. The Labute approximate surface area is 133 Å². The van der Waals surface area contributed by atoms with Crippen LogP contribution in [0.2, 0.25) is 0 Å². The smallest absolute Gasteiger partial charge is 0.317 e. The molecule has 1 aromatic rings. The lowest BCUT2D eigenvalue weighted by Crippen LogP contribution is -2.50. The maximum atomic E-state index is 12.1. The monoisotopic (exact) mass is 326 g/mol. The first-order chi connectivity index (χ1) is 9.98. The Bertz CT molecular complexity index is 506. The van der Waals surface area contributed by atoms with E-state index in [1.807, 2.05) is 47.0 Å². The lowest BCUT2D eigenvalue weighted by atomic mass is 10.2. The second kappa shape index (κ2) is 7.31. The van der Waals surface area contributed by atoms with E-state index in [0.717, 1.165) is 23.7 Å². The largest absolute Gasteiger partial charge is 0.337 e. The fraction of sp³-hybridized carbons (Fsp3) is 0.533. The molecule has 0 aliphatic carbocycles. The minimum Gasteiger partial charge on any atom is -0.337 e. The molecule has 0 spiro atoms. The van der Waals surface area contributed by atoms with Crippen molar-refractivity contribution in [2.24, 2.45) is 0 Å². The Kier molecular flexibility index (Phi) is 5.70.